The molecule has 1 aromatic heterocycles. The van der Waals surface area contributed by atoms with Crippen molar-refractivity contribution in [2.24, 2.45) is 11.8 Å². The Bertz CT molecular complexity index is 893. The van der Waals surface area contributed by atoms with Gasteiger partial charge in [0.25, 0.3) is 0 Å². The zero-order valence-corrected chi connectivity index (χ0v) is 17.6. The number of carbonyl (C=O) groups excluding carboxylic acids is 2. The van der Waals surface area contributed by atoms with Crippen LogP contribution in [0.5, 0.6) is 0 Å². The second-order valence-electron chi connectivity index (χ2n) is 6.68. The van der Waals surface area contributed by atoms with Gasteiger partial charge in [-0.1, -0.05) is 40.9 Å². The molecule has 0 saturated heterocycles. The molecule has 0 spiro atoms. The Hall–Kier alpha value is -2.19. The summed E-state index contributed by atoms with van der Waals surface area (Å²) >= 11 is 4.61. The number of hydrogen-bond donors (Lipinski definition) is 2. The zero-order valence-electron chi connectivity index (χ0n) is 15.2. The van der Waals surface area contributed by atoms with Crippen molar-refractivity contribution in [3.63, 3.8) is 0 Å². The fraction of sp³-hybridized carbons (Fsp3) is 0.350. The first kappa shape index (κ1) is 20.5. The van der Waals surface area contributed by atoms with Crippen molar-refractivity contribution in [2.75, 3.05) is 12.4 Å². The Labute approximate surface area is 175 Å². The van der Waals surface area contributed by atoms with Gasteiger partial charge in [0.05, 0.1) is 18.9 Å². The summed E-state index contributed by atoms with van der Waals surface area (Å²) in [4.78, 5) is 36.7. The molecule has 1 fully saturated rings. The number of ether oxygens (including phenoxy) is 1. The number of hydrogen-bond acceptors (Lipinski definition) is 5. The lowest BCUT2D eigenvalue weighted by molar-refractivity contribution is -0.147. The fourth-order valence-electron chi connectivity index (χ4n) is 3.54. The number of carbonyl (C=O) groups is 3. The van der Waals surface area contributed by atoms with Crippen LogP contribution in [0.3, 0.4) is 0 Å². The van der Waals surface area contributed by atoms with Gasteiger partial charge in [-0.15, -0.1) is 11.3 Å². The second-order valence-corrected chi connectivity index (χ2v) is 8.47. The van der Waals surface area contributed by atoms with Crippen molar-refractivity contribution in [1.82, 2.24) is 0 Å². The van der Waals surface area contributed by atoms with Crippen LogP contribution in [-0.2, 0) is 14.3 Å². The summed E-state index contributed by atoms with van der Waals surface area (Å²) in [5, 5.41) is 14.4. The lowest BCUT2D eigenvalue weighted by Crippen LogP contribution is -2.36. The largest absolute Gasteiger partial charge is 0.481 e. The number of carboxylic acid groups (broad SMARTS) is 1. The molecule has 28 heavy (non-hydrogen) atoms. The van der Waals surface area contributed by atoms with Crippen LogP contribution in [0, 0.1) is 11.8 Å². The molecule has 1 saturated carbocycles. The monoisotopic (exact) mass is 465 g/mol. The van der Waals surface area contributed by atoms with Crippen LogP contribution in [0.15, 0.2) is 34.1 Å². The first-order valence-corrected chi connectivity index (χ1v) is 10.6. The number of anilines is 1. The summed E-state index contributed by atoms with van der Waals surface area (Å²) in [6.07, 6.45) is 2.65. The predicted octanol–water partition coefficient (Wildman–Crippen LogP) is 4.79. The van der Waals surface area contributed by atoms with Crippen LogP contribution in [0.2, 0.25) is 0 Å². The van der Waals surface area contributed by atoms with Crippen molar-refractivity contribution >= 4 is 50.1 Å². The number of esters is 1. The van der Waals surface area contributed by atoms with Crippen molar-refractivity contribution in [2.45, 2.75) is 25.7 Å². The zero-order chi connectivity index (χ0) is 20.3. The average molecular weight is 466 g/mol. The minimum Gasteiger partial charge on any atom is -0.481 e. The highest BCUT2D eigenvalue weighted by Gasteiger charge is 2.36. The van der Waals surface area contributed by atoms with Gasteiger partial charge in [-0.3, -0.25) is 9.59 Å². The maximum absolute atomic E-state index is 12.8. The number of nitrogens with one attached hydrogen (secondary N) is 1. The van der Waals surface area contributed by atoms with E-state index in [0.29, 0.717) is 23.4 Å². The van der Waals surface area contributed by atoms with Gasteiger partial charge in [0.1, 0.15) is 10.6 Å². The van der Waals surface area contributed by atoms with E-state index in [1.165, 1.54) is 18.4 Å². The number of rotatable bonds is 5. The molecule has 2 N–H and O–H groups in total. The molecule has 8 heteroatoms. The molecule has 0 radical (unpaired) electrons. The summed E-state index contributed by atoms with van der Waals surface area (Å²) in [6.45, 7) is 0. The molecular weight excluding hydrogens is 446 g/mol. The summed E-state index contributed by atoms with van der Waals surface area (Å²) in [7, 11) is 1.29. The summed E-state index contributed by atoms with van der Waals surface area (Å²) in [5.74, 6) is -3.15. The lowest BCUT2D eigenvalue weighted by Gasteiger charge is -2.27. The fourth-order valence-corrected chi connectivity index (χ4v) is 4.77. The summed E-state index contributed by atoms with van der Waals surface area (Å²) in [6, 6.07) is 7.47. The molecule has 1 aliphatic carbocycles. The molecule has 2 aromatic rings. The van der Waals surface area contributed by atoms with E-state index in [9.17, 15) is 19.5 Å². The third kappa shape index (κ3) is 4.28. The molecule has 3 rings (SSSR count). The molecule has 6 nitrogen and oxygen atoms in total. The Morgan fingerprint density at radius 1 is 1.14 bits per heavy atom. The Balaban J connectivity index is 1.91. The van der Waals surface area contributed by atoms with Gasteiger partial charge in [-0.25, -0.2) is 4.79 Å². The smallest absolute Gasteiger partial charge is 0.341 e. The third-order valence-corrected chi connectivity index (χ3v) is 6.42. The number of aliphatic carboxylic acids is 1. The molecule has 1 heterocycles. The SMILES string of the molecule is COC(=O)c1c(-c2ccc(Br)cc2)csc1NC(=O)[C@@H]1CCCC[C@H]1C(=O)O. The maximum atomic E-state index is 12.8. The van der Waals surface area contributed by atoms with E-state index < -0.39 is 23.8 Å². The van der Waals surface area contributed by atoms with Crippen LogP contribution >= 0.6 is 27.3 Å². The maximum Gasteiger partial charge on any atom is 0.341 e. The average Bonchev–Trinajstić information content (AvgIpc) is 3.11. The van der Waals surface area contributed by atoms with E-state index in [2.05, 4.69) is 21.2 Å². The Morgan fingerprint density at radius 3 is 2.39 bits per heavy atom. The Kier molecular flexibility index (Phi) is 6.51. The first-order chi connectivity index (χ1) is 13.4. The molecule has 0 aliphatic heterocycles. The van der Waals surface area contributed by atoms with Gasteiger partial charge in [0.2, 0.25) is 5.91 Å². The van der Waals surface area contributed by atoms with E-state index >= 15 is 0 Å². The van der Waals surface area contributed by atoms with Crippen molar-refractivity contribution < 1.29 is 24.2 Å². The topological polar surface area (TPSA) is 92.7 Å². The standard InChI is InChI=1S/C20H20BrNO5S/c1-27-20(26)16-15(11-6-8-12(21)9-7-11)10-28-18(16)22-17(23)13-4-2-3-5-14(13)19(24)25/h6-10,13-14H,2-5H2,1H3,(H,22,23)(H,24,25)/t13-,14-/m1/s1. The number of carboxylic acids is 1. The van der Waals surface area contributed by atoms with E-state index in [1.54, 1.807) is 5.38 Å². The molecule has 2 atom stereocenters. The van der Waals surface area contributed by atoms with Crippen molar-refractivity contribution in [1.29, 1.82) is 0 Å². The second kappa shape index (κ2) is 8.87. The lowest BCUT2D eigenvalue weighted by atomic mass is 9.79. The molecule has 148 valence electrons. The van der Waals surface area contributed by atoms with Crippen LogP contribution in [0.1, 0.15) is 36.0 Å². The predicted molar refractivity (Wildman–Crippen MR) is 111 cm³/mol. The van der Waals surface area contributed by atoms with E-state index in [-0.39, 0.29) is 11.5 Å². The van der Waals surface area contributed by atoms with Crippen molar-refractivity contribution in [3.8, 4) is 11.1 Å². The van der Waals surface area contributed by atoms with E-state index in [4.69, 9.17) is 4.74 Å². The van der Waals surface area contributed by atoms with Gasteiger partial charge < -0.3 is 15.2 Å². The summed E-state index contributed by atoms with van der Waals surface area (Å²) < 4.78 is 5.83. The molecule has 0 unspecified atom stereocenters. The van der Waals surface area contributed by atoms with Crippen LogP contribution in [0.4, 0.5) is 5.00 Å². The van der Waals surface area contributed by atoms with Gasteiger partial charge in [0.15, 0.2) is 0 Å². The van der Waals surface area contributed by atoms with Crippen molar-refractivity contribution in [3.05, 3.63) is 39.7 Å². The number of amides is 1. The third-order valence-electron chi connectivity index (χ3n) is 4.99. The highest BCUT2D eigenvalue weighted by atomic mass is 79.9. The van der Waals surface area contributed by atoms with Gasteiger partial charge in [-0.05, 0) is 30.5 Å². The van der Waals surface area contributed by atoms with Gasteiger partial charge in [0, 0.05) is 15.4 Å². The molecular formula is C20H20BrNO5S. The highest BCUT2D eigenvalue weighted by Crippen LogP contribution is 2.38. The van der Waals surface area contributed by atoms with Crippen LogP contribution < -0.4 is 5.32 Å². The molecule has 1 amide bonds. The minimum absolute atomic E-state index is 0.283. The summed E-state index contributed by atoms with van der Waals surface area (Å²) in [5.41, 5.74) is 1.77. The molecule has 1 aromatic carbocycles. The van der Waals surface area contributed by atoms with Crippen LogP contribution in [-0.4, -0.2) is 30.1 Å². The quantitative estimate of drug-likeness (QED) is 0.618. The molecule has 1 aliphatic rings. The normalized spacial score (nSPS) is 19.1. The number of benzene rings is 1. The highest BCUT2D eigenvalue weighted by molar-refractivity contribution is 9.10. The van der Waals surface area contributed by atoms with E-state index in [0.717, 1.165) is 22.9 Å². The molecule has 0 bridgehead atoms. The minimum atomic E-state index is -0.949. The number of thiophene rings is 1. The van der Waals surface area contributed by atoms with Gasteiger partial charge in [-0.2, -0.15) is 0 Å². The first-order valence-electron chi connectivity index (χ1n) is 8.91. The van der Waals surface area contributed by atoms with Gasteiger partial charge >= 0.3 is 11.9 Å². The van der Waals surface area contributed by atoms with Crippen LogP contribution in [0.25, 0.3) is 11.1 Å². The number of methoxy groups -OCH3 is 1. The van der Waals surface area contributed by atoms with E-state index in [1.807, 2.05) is 24.3 Å². The Morgan fingerprint density at radius 2 is 1.79 bits per heavy atom. The number of halogens is 1.